The molecule has 0 aromatic heterocycles. The van der Waals surface area contributed by atoms with Crippen LogP contribution in [0.5, 0.6) is 5.75 Å². The molecule has 1 N–H and O–H groups in total. The summed E-state index contributed by atoms with van der Waals surface area (Å²) in [5, 5.41) is 9.89. The molecule has 1 aliphatic rings. The van der Waals surface area contributed by atoms with Crippen LogP contribution in [0, 0.1) is 0 Å². The molecule has 2 heteroatoms. The molecule has 0 radical (unpaired) electrons. The first-order valence-corrected chi connectivity index (χ1v) is 8.67. The fraction of sp³-hybridized carbons (Fsp3) is 0.684. The van der Waals surface area contributed by atoms with Crippen molar-refractivity contribution >= 4 is 0 Å². The Labute approximate surface area is 129 Å². The van der Waals surface area contributed by atoms with Crippen LogP contribution in [0.1, 0.15) is 76.7 Å². The number of unbranched alkanes of at least 4 members (excludes halogenated alkanes) is 3. The Morgan fingerprint density at radius 3 is 2.52 bits per heavy atom. The molecule has 118 valence electrons. The van der Waals surface area contributed by atoms with Gasteiger partial charge in [-0.2, -0.15) is 0 Å². The van der Waals surface area contributed by atoms with Crippen LogP contribution in [-0.4, -0.2) is 10.7 Å². The Morgan fingerprint density at radius 2 is 1.81 bits per heavy atom. The minimum absolute atomic E-state index is 0.0638. The van der Waals surface area contributed by atoms with E-state index in [2.05, 4.69) is 6.92 Å². The maximum Gasteiger partial charge on any atom is 0.121 e. The third-order valence-corrected chi connectivity index (χ3v) is 4.78. The molecule has 1 fully saturated rings. The largest absolute Gasteiger partial charge is 0.508 e. The average molecular weight is 290 g/mol. The SMILES string of the molecule is CCCCCCC1(OCc2ccccc2O)CCCCC1. The van der Waals surface area contributed by atoms with Gasteiger partial charge in [-0.1, -0.05) is 70.1 Å². The third kappa shape index (κ3) is 5.03. The molecular weight excluding hydrogens is 260 g/mol. The fourth-order valence-corrected chi connectivity index (χ4v) is 3.40. The van der Waals surface area contributed by atoms with E-state index in [9.17, 15) is 5.11 Å². The molecule has 1 aliphatic carbocycles. The van der Waals surface area contributed by atoms with Gasteiger partial charge in [-0.15, -0.1) is 0 Å². The van der Waals surface area contributed by atoms with Gasteiger partial charge in [-0.3, -0.25) is 0 Å². The van der Waals surface area contributed by atoms with Crippen molar-refractivity contribution in [3.8, 4) is 5.75 Å². The summed E-state index contributed by atoms with van der Waals surface area (Å²) in [6, 6.07) is 7.53. The highest BCUT2D eigenvalue weighted by atomic mass is 16.5. The monoisotopic (exact) mass is 290 g/mol. The number of hydrogen-bond donors (Lipinski definition) is 1. The van der Waals surface area contributed by atoms with Crippen LogP contribution in [0.3, 0.4) is 0 Å². The number of ether oxygens (including phenoxy) is 1. The lowest BCUT2D eigenvalue weighted by Gasteiger charge is -2.37. The maximum atomic E-state index is 9.89. The van der Waals surface area contributed by atoms with Gasteiger partial charge in [0.1, 0.15) is 5.75 Å². The van der Waals surface area contributed by atoms with Gasteiger partial charge in [0.05, 0.1) is 12.2 Å². The molecule has 2 nitrogen and oxygen atoms in total. The first-order valence-electron chi connectivity index (χ1n) is 8.67. The topological polar surface area (TPSA) is 29.5 Å². The molecule has 1 aromatic rings. The third-order valence-electron chi connectivity index (χ3n) is 4.78. The zero-order chi connectivity index (χ0) is 15.0. The first-order chi connectivity index (χ1) is 10.3. The zero-order valence-corrected chi connectivity index (χ0v) is 13.4. The predicted octanol–water partition coefficient (Wildman–Crippen LogP) is 5.58. The van der Waals surface area contributed by atoms with Gasteiger partial charge in [-0.05, 0) is 25.3 Å². The molecule has 1 aromatic carbocycles. The summed E-state index contributed by atoms with van der Waals surface area (Å²) in [6.07, 6.45) is 12.7. The number of benzene rings is 1. The lowest BCUT2D eigenvalue weighted by Crippen LogP contribution is -2.35. The molecule has 1 saturated carbocycles. The fourth-order valence-electron chi connectivity index (χ4n) is 3.40. The molecule has 0 aliphatic heterocycles. The molecule has 0 amide bonds. The van der Waals surface area contributed by atoms with Crippen molar-refractivity contribution in [1.82, 2.24) is 0 Å². The standard InChI is InChI=1S/C19H30O2/c1-2-3-4-8-13-19(14-9-5-10-15-19)21-16-17-11-6-7-12-18(17)20/h6-7,11-12,20H,2-5,8-10,13-16H2,1H3. The van der Waals surface area contributed by atoms with Crippen molar-refractivity contribution in [3.05, 3.63) is 29.8 Å². The second kappa shape index (κ2) is 8.43. The minimum Gasteiger partial charge on any atom is -0.508 e. The second-order valence-corrected chi connectivity index (χ2v) is 6.47. The molecule has 0 spiro atoms. The number of rotatable bonds is 8. The van der Waals surface area contributed by atoms with Crippen LogP contribution >= 0.6 is 0 Å². The lowest BCUT2D eigenvalue weighted by atomic mass is 9.81. The number of phenols is 1. The average Bonchev–Trinajstić information content (AvgIpc) is 2.52. The Hall–Kier alpha value is -1.02. The van der Waals surface area contributed by atoms with E-state index in [1.54, 1.807) is 6.07 Å². The predicted molar refractivity (Wildman–Crippen MR) is 87.5 cm³/mol. The van der Waals surface area contributed by atoms with Gasteiger partial charge < -0.3 is 9.84 Å². The smallest absolute Gasteiger partial charge is 0.121 e. The van der Waals surface area contributed by atoms with E-state index in [1.165, 1.54) is 64.2 Å². The highest BCUT2D eigenvalue weighted by molar-refractivity contribution is 5.31. The Kier molecular flexibility index (Phi) is 6.56. The molecule has 0 atom stereocenters. The van der Waals surface area contributed by atoms with Crippen molar-refractivity contribution in [3.63, 3.8) is 0 Å². The molecule has 2 rings (SSSR count). The normalized spacial score (nSPS) is 17.8. The van der Waals surface area contributed by atoms with Gasteiger partial charge in [0.15, 0.2) is 0 Å². The van der Waals surface area contributed by atoms with E-state index in [4.69, 9.17) is 4.74 Å². The van der Waals surface area contributed by atoms with Gasteiger partial charge in [0, 0.05) is 5.56 Å². The summed E-state index contributed by atoms with van der Waals surface area (Å²) in [6.45, 7) is 2.80. The van der Waals surface area contributed by atoms with E-state index < -0.39 is 0 Å². The van der Waals surface area contributed by atoms with Gasteiger partial charge in [0.25, 0.3) is 0 Å². The van der Waals surface area contributed by atoms with Crippen LogP contribution in [0.4, 0.5) is 0 Å². The molecule has 0 heterocycles. The Morgan fingerprint density at radius 1 is 1.05 bits per heavy atom. The molecule has 0 unspecified atom stereocenters. The van der Waals surface area contributed by atoms with E-state index in [0.29, 0.717) is 12.4 Å². The summed E-state index contributed by atoms with van der Waals surface area (Å²) in [5.41, 5.74) is 0.977. The van der Waals surface area contributed by atoms with Crippen molar-refractivity contribution in [2.75, 3.05) is 0 Å². The van der Waals surface area contributed by atoms with Gasteiger partial charge >= 0.3 is 0 Å². The first kappa shape index (κ1) is 16.4. The number of para-hydroxylation sites is 1. The van der Waals surface area contributed by atoms with Crippen LogP contribution in [0.15, 0.2) is 24.3 Å². The van der Waals surface area contributed by atoms with E-state index in [-0.39, 0.29) is 5.60 Å². The highest BCUT2D eigenvalue weighted by Gasteiger charge is 2.32. The summed E-state index contributed by atoms with van der Waals surface area (Å²) in [5.74, 6) is 0.356. The van der Waals surface area contributed by atoms with Crippen molar-refractivity contribution in [2.24, 2.45) is 0 Å². The Bertz CT molecular complexity index is 408. The highest BCUT2D eigenvalue weighted by Crippen LogP contribution is 2.37. The number of hydrogen-bond acceptors (Lipinski definition) is 2. The maximum absolute atomic E-state index is 9.89. The quantitative estimate of drug-likeness (QED) is 0.633. The van der Waals surface area contributed by atoms with Crippen LogP contribution in [0.2, 0.25) is 0 Å². The summed E-state index contributed by atoms with van der Waals surface area (Å²) in [7, 11) is 0. The van der Waals surface area contributed by atoms with Crippen molar-refractivity contribution < 1.29 is 9.84 Å². The van der Waals surface area contributed by atoms with E-state index in [1.807, 2.05) is 18.2 Å². The number of phenolic OH excluding ortho intramolecular Hbond substituents is 1. The lowest BCUT2D eigenvalue weighted by molar-refractivity contribution is -0.0874. The van der Waals surface area contributed by atoms with Crippen molar-refractivity contribution in [2.45, 2.75) is 83.3 Å². The van der Waals surface area contributed by atoms with Gasteiger partial charge in [0.2, 0.25) is 0 Å². The zero-order valence-electron chi connectivity index (χ0n) is 13.4. The second-order valence-electron chi connectivity index (χ2n) is 6.47. The minimum atomic E-state index is 0.0638. The van der Waals surface area contributed by atoms with E-state index >= 15 is 0 Å². The summed E-state index contributed by atoms with van der Waals surface area (Å²) < 4.78 is 6.36. The molecule has 0 saturated heterocycles. The van der Waals surface area contributed by atoms with Crippen LogP contribution in [0.25, 0.3) is 0 Å². The van der Waals surface area contributed by atoms with Crippen LogP contribution in [-0.2, 0) is 11.3 Å². The summed E-state index contributed by atoms with van der Waals surface area (Å²) in [4.78, 5) is 0. The van der Waals surface area contributed by atoms with E-state index in [0.717, 1.165) is 5.56 Å². The molecule has 0 bridgehead atoms. The number of aromatic hydroxyl groups is 1. The van der Waals surface area contributed by atoms with Gasteiger partial charge in [-0.25, -0.2) is 0 Å². The van der Waals surface area contributed by atoms with Crippen LogP contribution < -0.4 is 0 Å². The summed E-state index contributed by atoms with van der Waals surface area (Å²) >= 11 is 0. The Balaban J connectivity index is 1.91. The molecule has 21 heavy (non-hydrogen) atoms. The molecular formula is C19H30O2. The van der Waals surface area contributed by atoms with Crippen molar-refractivity contribution in [1.29, 1.82) is 0 Å².